The van der Waals surface area contributed by atoms with Gasteiger partial charge in [0.25, 0.3) is 0 Å². The number of aliphatic hydroxyl groups is 7. The molecule has 2 unspecified atom stereocenters. The Morgan fingerprint density at radius 2 is 0.938 bits per heavy atom. The van der Waals surface area contributed by atoms with E-state index in [0.29, 0.717) is 0 Å². The molecule has 0 aliphatic carbocycles. The van der Waals surface area contributed by atoms with Crippen LogP contribution in [0.5, 0.6) is 0 Å². The first-order valence-electron chi connectivity index (χ1n) is 11.1. The maximum Gasteiger partial charge on any atom is 0.394 e. The molecular weight excluding hydrogens is 459 g/mol. The van der Waals surface area contributed by atoms with Crippen molar-refractivity contribution in [3.05, 3.63) is 0 Å². The third-order valence-electron chi connectivity index (χ3n) is 3.97. The van der Waals surface area contributed by atoms with Gasteiger partial charge in [-0.25, -0.2) is 0 Å². The second-order valence-electron chi connectivity index (χ2n) is 7.07. The van der Waals surface area contributed by atoms with E-state index in [9.17, 15) is 0 Å². The molecule has 0 aromatic carbocycles. The van der Waals surface area contributed by atoms with Gasteiger partial charge in [-0.15, -0.1) is 0 Å². The Morgan fingerprint density at radius 1 is 0.656 bits per heavy atom. The summed E-state index contributed by atoms with van der Waals surface area (Å²) in [6, 6.07) is 0. The summed E-state index contributed by atoms with van der Waals surface area (Å²) in [4.78, 5) is 0. The summed E-state index contributed by atoms with van der Waals surface area (Å²) in [7, 11) is -4.67. The molecular formula is C19H45NaO11S. The maximum absolute atomic E-state index is 8.77. The van der Waals surface area contributed by atoms with Crippen LogP contribution in [-0.2, 0) is 10.4 Å². The van der Waals surface area contributed by atoms with Crippen molar-refractivity contribution in [3.63, 3.8) is 0 Å². The van der Waals surface area contributed by atoms with Gasteiger partial charge in [-0.1, -0.05) is 0 Å². The van der Waals surface area contributed by atoms with Gasteiger partial charge in [-0.2, -0.15) is 8.42 Å². The molecule has 0 saturated carbocycles. The molecule has 11 nitrogen and oxygen atoms in total. The Morgan fingerprint density at radius 3 is 1.16 bits per heavy atom. The molecule has 0 spiro atoms. The summed E-state index contributed by atoms with van der Waals surface area (Å²) in [6.07, 6.45) is 10.4. The minimum atomic E-state index is -4.67. The van der Waals surface area contributed by atoms with Crippen molar-refractivity contribution in [2.24, 2.45) is 0 Å². The van der Waals surface area contributed by atoms with Crippen molar-refractivity contribution in [3.8, 4) is 0 Å². The van der Waals surface area contributed by atoms with Crippen LogP contribution in [0.1, 0.15) is 71.1 Å². The van der Waals surface area contributed by atoms with Crippen molar-refractivity contribution >= 4 is 38.3 Å². The Balaban J connectivity index is -0.000000181. The van der Waals surface area contributed by atoms with Crippen LogP contribution in [0.3, 0.4) is 0 Å². The van der Waals surface area contributed by atoms with Crippen molar-refractivity contribution in [2.45, 2.75) is 93.1 Å². The number of hydrogen-bond acceptors (Lipinski definition) is 9. The van der Waals surface area contributed by atoms with Crippen LogP contribution in [0, 0.1) is 0 Å². The van der Waals surface area contributed by atoms with Crippen LogP contribution < -0.4 is 0 Å². The first-order valence-corrected chi connectivity index (χ1v) is 13.9. The van der Waals surface area contributed by atoms with E-state index in [-0.39, 0.29) is 13.2 Å². The zero-order chi connectivity index (χ0) is 25.8. The predicted octanol–water partition coefficient (Wildman–Crippen LogP) is -0.134. The standard InChI is InChI=1S/C12H25.C5H12O5.C2H6O2.Na.H2O4S/c1-3-5-7-9-11-12-10-8-6-4-2;6-1-3(8)5(10)4(9)2-7;3-1-2-4;;1-5(2,3)4/h1,3-12H2,2H3;3-10H,1-2H2;3-4H,1-2H2;;(H2,1,2,3,4). The van der Waals surface area contributed by atoms with E-state index in [1.165, 1.54) is 95.8 Å². The number of hydrogen-bond donors (Lipinski definition) is 9. The van der Waals surface area contributed by atoms with E-state index in [1.807, 2.05) is 0 Å². The Labute approximate surface area is 210 Å². The Hall–Kier alpha value is 0.590. The van der Waals surface area contributed by atoms with Crippen molar-refractivity contribution in [1.29, 1.82) is 0 Å². The minimum Gasteiger partial charge on any atom is -0.394 e. The Kier molecular flexibility index (Phi) is 39.3. The summed E-state index contributed by atoms with van der Waals surface area (Å²) >= 11 is 1.41. The Bertz CT molecular complexity index is 397. The quantitative estimate of drug-likeness (QED) is 0.0812. The molecule has 2 atom stereocenters. The summed E-state index contributed by atoms with van der Waals surface area (Å²) in [5, 5.41) is 57.8. The molecule has 9 N–H and O–H groups in total. The molecule has 0 heterocycles. The van der Waals surface area contributed by atoms with Crippen LogP contribution in [-0.4, -0.2) is 126 Å². The minimum absolute atomic E-state index is 0.125. The van der Waals surface area contributed by atoms with E-state index in [0.717, 1.165) is 0 Å². The molecule has 0 bridgehead atoms. The maximum atomic E-state index is 8.77. The van der Waals surface area contributed by atoms with E-state index in [4.69, 9.17) is 53.3 Å². The third-order valence-corrected chi connectivity index (χ3v) is 4.68. The molecule has 0 aromatic heterocycles. The SMILES string of the molecule is CCCCCCCCCCC[CH2][Na].O=S(=O)(O)O.OCC(O)C(O)C(O)CO.OCCO. The zero-order valence-electron chi connectivity index (χ0n) is 19.6. The molecule has 0 radical (unpaired) electrons. The second-order valence-corrected chi connectivity index (χ2v) is 8.96. The van der Waals surface area contributed by atoms with Crippen molar-refractivity contribution < 1.29 is 53.3 Å². The molecule has 0 rings (SSSR count). The van der Waals surface area contributed by atoms with Crippen molar-refractivity contribution in [2.75, 3.05) is 26.4 Å². The van der Waals surface area contributed by atoms with Gasteiger partial charge in [0.2, 0.25) is 0 Å². The van der Waals surface area contributed by atoms with Crippen LogP contribution in [0.25, 0.3) is 0 Å². The monoisotopic (exact) mass is 504 g/mol. The predicted molar refractivity (Wildman–Crippen MR) is 123 cm³/mol. The molecule has 0 aliphatic rings. The molecule has 32 heavy (non-hydrogen) atoms. The molecule has 13 heteroatoms. The van der Waals surface area contributed by atoms with Crippen LogP contribution >= 0.6 is 0 Å². The number of rotatable bonds is 15. The molecule has 0 aliphatic heterocycles. The molecule has 0 saturated heterocycles. The fourth-order valence-corrected chi connectivity index (χ4v) is 2.71. The first kappa shape index (κ1) is 39.8. The van der Waals surface area contributed by atoms with Gasteiger partial charge in [0.1, 0.15) is 18.3 Å². The van der Waals surface area contributed by atoms with E-state index < -0.39 is 41.9 Å². The first-order chi connectivity index (χ1) is 15.0. The van der Waals surface area contributed by atoms with E-state index in [2.05, 4.69) is 6.92 Å². The fourth-order valence-electron chi connectivity index (χ4n) is 2.21. The average molecular weight is 505 g/mol. The molecule has 194 valence electrons. The van der Waals surface area contributed by atoms with Gasteiger partial charge in [-0.3, -0.25) is 9.11 Å². The fraction of sp³-hybridized carbons (Fsp3) is 1.00. The van der Waals surface area contributed by atoms with Gasteiger partial charge in [0, 0.05) is 0 Å². The van der Waals surface area contributed by atoms with Gasteiger partial charge in [0.15, 0.2) is 0 Å². The third kappa shape index (κ3) is 48.1. The smallest absolute Gasteiger partial charge is 0.394 e. The van der Waals surface area contributed by atoms with E-state index in [1.54, 1.807) is 0 Å². The topological polar surface area (TPSA) is 216 Å². The molecule has 0 aromatic rings. The largest absolute Gasteiger partial charge is 0.394 e. The summed E-state index contributed by atoms with van der Waals surface area (Å²) in [5.74, 6) is 0. The van der Waals surface area contributed by atoms with Gasteiger partial charge >= 0.3 is 113 Å². The van der Waals surface area contributed by atoms with Gasteiger partial charge < -0.3 is 35.7 Å². The van der Waals surface area contributed by atoms with E-state index >= 15 is 0 Å². The number of unbranched alkanes of at least 4 members (excludes halogenated alkanes) is 9. The van der Waals surface area contributed by atoms with Gasteiger partial charge in [-0.05, 0) is 0 Å². The van der Waals surface area contributed by atoms with Crippen LogP contribution in [0.2, 0.25) is 3.67 Å². The summed E-state index contributed by atoms with van der Waals surface area (Å²) in [5.41, 5.74) is 0. The molecule has 0 amide bonds. The van der Waals surface area contributed by atoms with Crippen molar-refractivity contribution in [1.82, 2.24) is 0 Å². The van der Waals surface area contributed by atoms with Crippen LogP contribution in [0.15, 0.2) is 0 Å². The molecule has 0 fully saturated rings. The number of aliphatic hydroxyl groups excluding tert-OH is 7. The van der Waals surface area contributed by atoms with Crippen LogP contribution in [0.4, 0.5) is 0 Å². The second kappa shape index (κ2) is 31.6. The van der Waals surface area contributed by atoms with Gasteiger partial charge in [0.05, 0.1) is 26.4 Å². The summed E-state index contributed by atoms with van der Waals surface area (Å²) < 4.78 is 33.1. The normalized spacial score (nSPS) is 13.4. The average Bonchev–Trinajstić information content (AvgIpc) is 2.75. The zero-order valence-corrected chi connectivity index (χ0v) is 22.4. The summed E-state index contributed by atoms with van der Waals surface area (Å²) in [6.45, 7) is 0.754.